The van der Waals surface area contributed by atoms with Crippen molar-refractivity contribution >= 4 is 27.0 Å². The van der Waals surface area contributed by atoms with Gasteiger partial charge in [0.15, 0.2) is 0 Å². The Hall–Kier alpha value is -1.68. The molecular weight excluding hydrogens is 290 g/mol. The second-order valence-corrected chi connectivity index (χ2v) is 5.09. The molecule has 0 aromatic carbocycles. The molecule has 0 aliphatic rings. The summed E-state index contributed by atoms with van der Waals surface area (Å²) in [6, 6.07) is 8.12. The van der Waals surface area contributed by atoms with Crippen LogP contribution in [0, 0.1) is 0 Å². The molecule has 0 fully saturated rings. The first-order chi connectivity index (χ1) is 8.75. The van der Waals surface area contributed by atoms with Gasteiger partial charge in [0.2, 0.25) is 0 Å². The van der Waals surface area contributed by atoms with Crippen LogP contribution in [0.15, 0.2) is 47.5 Å². The summed E-state index contributed by atoms with van der Waals surface area (Å²) in [4.78, 5) is 11.8. The molecule has 3 rings (SSSR count). The number of rotatable bonds is 2. The van der Waals surface area contributed by atoms with Gasteiger partial charge in [0.25, 0.3) is 0 Å². The van der Waals surface area contributed by atoms with Crippen molar-refractivity contribution in [1.29, 1.82) is 0 Å². The molecule has 18 heavy (non-hydrogen) atoms. The molecule has 1 unspecified atom stereocenters. The number of pyridine rings is 2. The summed E-state index contributed by atoms with van der Waals surface area (Å²) in [6.07, 6.45) is 5.74. The highest BCUT2D eigenvalue weighted by Gasteiger charge is 2.13. The van der Waals surface area contributed by atoms with Crippen LogP contribution in [-0.2, 0) is 0 Å². The lowest BCUT2D eigenvalue weighted by Gasteiger charge is -2.10. The van der Waals surface area contributed by atoms with E-state index >= 15 is 0 Å². The average Bonchev–Trinajstić information content (AvgIpc) is 2.82. The highest BCUT2D eigenvalue weighted by atomic mass is 79.9. The summed E-state index contributed by atoms with van der Waals surface area (Å²) in [5.74, 6) is 0.295. The largest absolute Gasteiger partial charge is 0.346 e. The lowest BCUT2D eigenvalue weighted by atomic mass is 9.95. The van der Waals surface area contributed by atoms with Crippen LogP contribution in [0.1, 0.15) is 24.0 Å². The Morgan fingerprint density at radius 3 is 2.89 bits per heavy atom. The van der Waals surface area contributed by atoms with Gasteiger partial charge in [0.1, 0.15) is 10.3 Å². The van der Waals surface area contributed by atoms with Gasteiger partial charge < -0.3 is 4.98 Å². The van der Waals surface area contributed by atoms with E-state index in [0.29, 0.717) is 5.92 Å². The van der Waals surface area contributed by atoms with E-state index in [0.717, 1.165) is 10.3 Å². The third-order valence-electron chi connectivity index (χ3n) is 3.20. The van der Waals surface area contributed by atoms with E-state index < -0.39 is 0 Å². The number of hydrogen-bond acceptors (Lipinski definition) is 2. The summed E-state index contributed by atoms with van der Waals surface area (Å²) in [5, 5.41) is 1.17. The van der Waals surface area contributed by atoms with Crippen LogP contribution in [0.4, 0.5) is 0 Å². The molecule has 0 bridgehead atoms. The monoisotopic (exact) mass is 301 g/mol. The first kappa shape index (κ1) is 11.4. The zero-order valence-corrected chi connectivity index (χ0v) is 11.5. The maximum Gasteiger partial charge on any atom is 0.137 e. The van der Waals surface area contributed by atoms with Gasteiger partial charge in [-0.1, -0.05) is 13.0 Å². The average molecular weight is 302 g/mol. The predicted octanol–water partition coefficient (Wildman–Crippen LogP) is 3.87. The molecule has 3 aromatic rings. The van der Waals surface area contributed by atoms with Crippen molar-refractivity contribution in [3.8, 4) is 0 Å². The minimum Gasteiger partial charge on any atom is -0.346 e. The van der Waals surface area contributed by atoms with E-state index in [1.54, 1.807) is 6.20 Å². The Kier molecular flexibility index (Phi) is 2.88. The smallest absolute Gasteiger partial charge is 0.137 e. The van der Waals surface area contributed by atoms with Crippen molar-refractivity contribution in [2.24, 2.45) is 0 Å². The zero-order chi connectivity index (χ0) is 12.5. The highest BCUT2D eigenvalue weighted by molar-refractivity contribution is 9.10. The van der Waals surface area contributed by atoms with Gasteiger partial charge in [-0.05, 0) is 45.3 Å². The molecule has 1 N–H and O–H groups in total. The standard InChI is InChI=1S/C14H12BrN3/c1-9(10-4-5-13(15)17-7-10)12-8-18-14-11(12)3-2-6-16-14/h2-9H,1H3,(H,16,18). The van der Waals surface area contributed by atoms with E-state index in [4.69, 9.17) is 0 Å². The van der Waals surface area contributed by atoms with Gasteiger partial charge in [0.05, 0.1) is 0 Å². The molecule has 3 aromatic heterocycles. The van der Waals surface area contributed by atoms with E-state index in [9.17, 15) is 0 Å². The fourth-order valence-corrected chi connectivity index (χ4v) is 2.39. The second kappa shape index (κ2) is 4.53. The molecule has 1 atom stereocenters. The van der Waals surface area contributed by atoms with E-state index in [1.807, 2.05) is 24.5 Å². The summed E-state index contributed by atoms with van der Waals surface area (Å²) in [7, 11) is 0. The fourth-order valence-electron chi connectivity index (χ4n) is 2.16. The third-order valence-corrected chi connectivity index (χ3v) is 3.67. The minimum absolute atomic E-state index is 0.295. The Labute approximate surface area is 113 Å². The molecule has 3 nitrogen and oxygen atoms in total. The van der Waals surface area contributed by atoms with Gasteiger partial charge >= 0.3 is 0 Å². The van der Waals surface area contributed by atoms with Crippen LogP contribution in [0.5, 0.6) is 0 Å². The quantitative estimate of drug-likeness (QED) is 0.730. The lowest BCUT2D eigenvalue weighted by Crippen LogP contribution is -1.95. The number of aromatic nitrogens is 3. The van der Waals surface area contributed by atoms with Gasteiger partial charge in [0, 0.05) is 29.9 Å². The van der Waals surface area contributed by atoms with Crippen molar-refractivity contribution in [2.75, 3.05) is 0 Å². The topological polar surface area (TPSA) is 41.6 Å². The van der Waals surface area contributed by atoms with Crippen LogP contribution < -0.4 is 0 Å². The molecule has 0 aliphatic carbocycles. The van der Waals surface area contributed by atoms with Crippen LogP contribution in [-0.4, -0.2) is 15.0 Å². The zero-order valence-electron chi connectivity index (χ0n) is 9.89. The van der Waals surface area contributed by atoms with Crippen LogP contribution in [0.2, 0.25) is 0 Å². The van der Waals surface area contributed by atoms with Crippen molar-refractivity contribution < 1.29 is 0 Å². The van der Waals surface area contributed by atoms with Gasteiger partial charge in [-0.2, -0.15) is 0 Å². The first-order valence-corrected chi connectivity index (χ1v) is 6.58. The summed E-state index contributed by atoms with van der Waals surface area (Å²) >= 11 is 3.36. The normalized spacial score (nSPS) is 12.8. The minimum atomic E-state index is 0.295. The Balaban J connectivity index is 2.06. The van der Waals surface area contributed by atoms with Crippen molar-refractivity contribution in [3.05, 3.63) is 58.6 Å². The van der Waals surface area contributed by atoms with Gasteiger partial charge in [-0.15, -0.1) is 0 Å². The van der Waals surface area contributed by atoms with E-state index in [2.05, 4.69) is 49.9 Å². The van der Waals surface area contributed by atoms with Crippen molar-refractivity contribution in [1.82, 2.24) is 15.0 Å². The van der Waals surface area contributed by atoms with Crippen LogP contribution >= 0.6 is 15.9 Å². The summed E-state index contributed by atoms with van der Waals surface area (Å²) < 4.78 is 0.860. The number of nitrogens with one attached hydrogen (secondary N) is 1. The molecule has 0 saturated carbocycles. The number of hydrogen-bond donors (Lipinski definition) is 1. The third kappa shape index (κ3) is 1.93. The molecule has 0 amide bonds. The molecule has 0 saturated heterocycles. The summed E-state index contributed by atoms with van der Waals surface area (Å²) in [5.41, 5.74) is 3.38. The number of H-pyrrole nitrogens is 1. The Morgan fingerprint density at radius 2 is 2.11 bits per heavy atom. The molecule has 90 valence electrons. The van der Waals surface area contributed by atoms with Crippen molar-refractivity contribution in [3.63, 3.8) is 0 Å². The van der Waals surface area contributed by atoms with Crippen LogP contribution in [0.3, 0.4) is 0 Å². The van der Waals surface area contributed by atoms with E-state index in [-0.39, 0.29) is 0 Å². The summed E-state index contributed by atoms with van der Waals surface area (Å²) in [6.45, 7) is 2.18. The molecule has 0 aliphatic heterocycles. The first-order valence-electron chi connectivity index (χ1n) is 5.79. The maximum atomic E-state index is 4.31. The predicted molar refractivity (Wildman–Crippen MR) is 75.5 cm³/mol. The number of nitrogens with zero attached hydrogens (tertiary/aromatic N) is 2. The number of aromatic amines is 1. The molecule has 0 radical (unpaired) electrons. The molecule has 4 heteroatoms. The maximum absolute atomic E-state index is 4.31. The Morgan fingerprint density at radius 1 is 1.22 bits per heavy atom. The second-order valence-electron chi connectivity index (χ2n) is 4.28. The SMILES string of the molecule is CC(c1ccc(Br)nc1)c1c[nH]c2ncccc12. The highest BCUT2D eigenvalue weighted by Crippen LogP contribution is 2.29. The number of fused-ring (bicyclic) bond motifs is 1. The molecule has 3 heterocycles. The van der Waals surface area contributed by atoms with Gasteiger partial charge in [-0.25, -0.2) is 9.97 Å². The molecular formula is C14H12BrN3. The van der Waals surface area contributed by atoms with Crippen LogP contribution in [0.25, 0.3) is 11.0 Å². The fraction of sp³-hybridized carbons (Fsp3) is 0.143. The van der Waals surface area contributed by atoms with Crippen molar-refractivity contribution in [2.45, 2.75) is 12.8 Å². The number of halogens is 1. The molecule has 0 spiro atoms. The lowest BCUT2D eigenvalue weighted by molar-refractivity contribution is 0.918. The van der Waals surface area contributed by atoms with E-state index in [1.165, 1.54) is 16.5 Å². The Bertz CT molecular complexity index is 673. The van der Waals surface area contributed by atoms with Gasteiger partial charge in [-0.3, -0.25) is 0 Å².